The summed E-state index contributed by atoms with van der Waals surface area (Å²) in [6.07, 6.45) is 1.87. The van der Waals surface area contributed by atoms with Crippen LogP contribution in [0.2, 0.25) is 0 Å². The highest BCUT2D eigenvalue weighted by Crippen LogP contribution is 2.25. The number of anilines is 2. The monoisotopic (exact) mass is 289 g/mol. The van der Waals surface area contributed by atoms with Crippen molar-refractivity contribution in [3.8, 4) is 0 Å². The molecular formula is C15H19N3OS. The molecule has 0 amide bonds. The molecule has 1 aromatic carbocycles. The molecule has 106 valence electrons. The zero-order valence-corrected chi connectivity index (χ0v) is 12.4. The van der Waals surface area contributed by atoms with E-state index in [0.29, 0.717) is 0 Å². The number of aryl methyl sites for hydroxylation is 1. The molecule has 3 rings (SSSR count). The van der Waals surface area contributed by atoms with Crippen molar-refractivity contribution in [3.05, 3.63) is 40.9 Å². The molecule has 0 spiro atoms. The third-order valence-electron chi connectivity index (χ3n) is 3.75. The summed E-state index contributed by atoms with van der Waals surface area (Å²) in [4.78, 5) is 9.14. The first-order chi connectivity index (χ1) is 9.78. The van der Waals surface area contributed by atoms with Crippen molar-refractivity contribution in [1.29, 1.82) is 0 Å². The van der Waals surface area contributed by atoms with Crippen LogP contribution in [0.5, 0.6) is 0 Å². The van der Waals surface area contributed by atoms with E-state index in [1.807, 2.05) is 17.6 Å². The molecule has 1 aromatic heterocycles. The summed E-state index contributed by atoms with van der Waals surface area (Å²) in [6.45, 7) is 6.27. The molecule has 0 atom stereocenters. The fourth-order valence-electron chi connectivity index (χ4n) is 2.68. The van der Waals surface area contributed by atoms with Crippen LogP contribution in [-0.4, -0.2) is 36.3 Å². The second kappa shape index (κ2) is 5.81. The van der Waals surface area contributed by atoms with Crippen LogP contribution in [0.1, 0.15) is 11.1 Å². The van der Waals surface area contributed by atoms with Crippen LogP contribution in [-0.2, 0) is 6.61 Å². The van der Waals surface area contributed by atoms with Crippen molar-refractivity contribution in [2.45, 2.75) is 13.5 Å². The predicted molar refractivity (Wildman–Crippen MR) is 83.6 cm³/mol. The van der Waals surface area contributed by atoms with Gasteiger partial charge in [-0.3, -0.25) is 0 Å². The normalized spacial score (nSPS) is 15.7. The van der Waals surface area contributed by atoms with Gasteiger partial charge in [-0.25, -0.2) is 4.98 Å². The Bertz CT molecular complexity index is 563. The molecule has 0 aliphatic carbocycles. The maximum atomic E-state index is 9.18. The number of nitrogens with zero attached hydrogens (tertiary/aromatic N) is 3. The highest BCUT2D eigenvalue weighted by atomic mass is 32.1. The number of piperazine rings is 1. The minimum absolute atomic E-state index is 0.110. The lowest BCUT2D eigenvalue weighted by Crippen LogP contribution is -2.46. The van der Waals surface area contributed by atoms with Crippen LogP contribution in [0, 0.1) is 6.92 Å². The Hall–Kier alpha value is -1.59. The number of hydrogen-bond acceptors (Lipinski definition) is 5. The Balaban J connectivity index is 1.69. The molecular weight excluding hydrogens is 270 g/mol. The third-order valence-corrected chi connectivity index (χ3v) is 4.59. The van der Waals surface area contributed by atoms with Crippen LogP contribution >= 0.6 is 11.3 Å². The molecule has 2 aromatic rings. The lowest BCUT2D eigenvalue weighted by Gasteiger charge is -2.36. The van der Waals surface area contributed by atoms with E-state index in [0.717, 1.165) is 36.9 Å². The summed E-state index contributed by atoms with van der Waals surface area (Å²) in [5, 5.41) is 12.3. The minimum atomic E-state index is 0.110. The van der Waals surface area contributed by atoms with E-state index in [-0.39, 0.29) is 6.61 Å². The Morgan fingerprint density at radius 3 is 2.55 bits per heavy atom. The van der Waals surface area contributed by atoms with Gasteiger partial charge in [-0.15, -0.1) is 11.3 Å². The summed E-state index contributed by atoms with van der Waals surface area (Å²) in [5.74, 6) is 0. The van der Waals surface area contributed by atoms with E-state index < -0.39 is 0 Å². The first kappa shape index (κ1) is 13.4. The highest BCUT2D eigenvalue weighted by molar-refractivity contribution is 7.13. The Morgan fingerprint density at radius 2 is 1.95 bits per heavy atom. The smallest absolute Gasteiger partial charge is 0.185 e. The molecule has 1 saturated heterocycles. The quantitative estimate of drug-likeness (QED) is 0.941. The average molecular weight is 289 g/mol. The standard InChI is InChI=1S/C15H19N3OS/c1-12-10-13(11-19)2-3-14(12)17-5-7-18(8-6-17)15-16-4-9-20-15/h2-4,9-10,19H,5-8,11H2,1H3. The second-order valence-electron chi connectivity index (χ2n) is 5.07. The van der Waals surface area contributed by atoms with E-state index in [2.05, 4.69) is 33.8 Å². The van der Waals surface area contributed by atoms with E-state index in [1.165, 1.54) is 11.3 Å². The first-order valence-corrected chi connectivity index (χ1v) is 7.75. The van der Waals surface area contributed by atoms with Crippen LogP contribution < -0.4 is 9.80 Å². The van der Waals surface area contributed by atoms with E-state index in [4.69, 9.17) is 0 Å². The average Bonchev–Trinajstić information content (AvgIpc) is 3.01. The molecule has 0 bridgehead atoms. The van der Waals surface area contributed by atoms with Gasteiger partial charge in [-0.05, 0) is 24.1 Å². The summed E-state index contributed by atoms with van der Waals surface area (Å²) < 4.78 is 0. The third kappa shape index (κ3) is 2.64. The zero-order chi connectivity index (χ0) is 13.9. The molecule has 1 aliphatic rings. The molecule has 4 nitrogen and oxygen atoms in total. The van der Waals surface area contributed by atoms with Gasteiger partial charge in [-0.2, -0.15) is 0 Å². The fourth-order valence-corrected chi connectivity index (χ4v) is 3.38. The van der Waals surface area contributed by atoms with Crippen LogP contribution in [0.3, 0.4) is 0 Å². The van der Waals surface area contributed by atoms with Crippen LogP contribution in [0.15, 0.2) is 29.8 Å². The van der Waals surface area contributed by atoms with Crippen molar-refractivity contribution in [2.24, 2.45) is 0 Å². The molecule has 1 fully saturated rings. The van der Waals surface area contributed by atoms with Gasteiger partial charge in [0.25, 0.3) is 0 Å². The summed E-state index contributed by atoms with van der Waals surface area (Å²) >= 11 is 1.70. The van der Waals surface area contributed by atoms with Gasteiger partial charge >= 0.3 is 0 Å². The van der Waals surface area contributed by atoms with Gasteiger partial charge < -0.3 is 14.9 Å². The fraction of sp³-hybridized carbons (Fsp3) is 0.400. The highest BCUT2D eigenvalue weighted by Gasteiger charge is 2.19. The van der Waals surface area contributed by atoms with E-state index in [1.54, 1.807) is 11.3 Å². The Morgan fingerprint density at radius 1 is 1.20 bits per heavy atom. The number of aliphatic hydroxyl groups excluding tert-OH is 1. The second-order valence-corrected chi connectivity index (χ2v) is 5.94. The number of aromatic nitrogens is 1. The molecule has 0 radical (unpaired) electrons. The SMILES string of the molecule is Cc1cc(CO)ccc1N1CCN(c2nccs2)CC1. The van der Waals surface area contributed by atoms with E-state index >= 15 is 0 Å². The number of hydrogen-bond donors (Lipinski definition) is 1. The minimum Gasteiger partial charge on any atom is -0.392 e. The molecule has 0 saturated carbocycles. The first-order valence-electron chi connectivity index (χ1n) is 6.87. The summed E-state index contributed by atoms with van der Waals surface area (Å²) in [7, 11) is 0. The molecule has 2 heterocycles. The Labute approximate surface area is 123 Å². The van der Waals surface area contributed by atoms with Gasteiger partial charge in [0.15, 0.2) is 5.13 Å². The predicted octanol–water partition coefficient (Wildman–Crippen LogP) is 2.27. The lowest BCUT2D eigenvalue weighted by molar-refractivity contribution is 0.282. The van der Waals surface area contributed by atoms with Crippen molar-refractivity contribution < 1.29 is 5.11 Å². The van der Waals surface area contributed by atoms with Crippen LogP contribution in [0.25, 0.3) is 0 Å². The summed E-state index contributed by atoms with van der Waals surface area (Å²) in [6, 6.07) is 6.21. The number of thiazole rings is 1. The van der Waals surface area contributed by atoms with Crippen molar-refractivity contribution in [2.75, 3.05) is 36.0 Å². The topological polar surface area (TPSA) is 39.6 Å². The largest absolute Gasteiger partial charge is 0.392 e. The van der Waals surface area contributed by atoms with Gasteiger partial charge in [0, 0.05) is 43.4 Å². The molecule has 5 heteroatoms. The molecule has 0 unspecified atom stereocenters. The van der Waals surface area contributed by atoms with Gasteiger partial charge in [0.2, 0.25) is 0 Å². The molecule has 20 heavy (non-hydrogen) atoms. The van der Waals surface area contributed by atoms with E-state index in [9.17, 15) is 5.11 Å². The lowest BCUT2D eigenvalue weighted by atomic mass is 10.1. The molecule has 1 aliphatic heterocycles. The summed E-state index contributed by atoms with van der Waals surface area (Å²) in [5.41, 5.74) is 3.49. The van der Waals surface area contributed by atoms with Crippen molar-refractivity contribution in [1.82, 2.24) is 4.98 Å². The Kier molecular flexibility index (Phi) is 3.89. The van der Waals surface area contributed by atoms with Gasteiger partial charge in [-0.1, -0.05) is 12.1 Å². The maximum Gasteiger partial charge on any atom is 0.185 e. The van der Waals surface area contributed by atoms with Crippen molar-refractivity contribution in [3.63, 3.8) is 0 Å². The number of rotatable bonds is 3. The van der Waals surface area contributed by atoms with Crippen molar-refractivity contribution >= 4 is 22.2 Å². The maximum absolute atomic E-state index is 9.18. The molecule has 1 N–H and O–H groups in total. The van der Waals surface area contributed by atoms with Gasteiger partial charge in [0.1, 0.15) is 0 Å². The van der Waals surface area contributed by atoms with Crippen LogP contribution in [0.4, 0.5) is 10.8 Å². The number of benzene rings is 1. The number of aliphatic hydroxyl groups is 1. The van der Waals surface area contributed by atoms with Gasteiger partial charge in [0.05, 0.1) is 6.61 Å². The zero-order valence-electron chi connectivity index (χ0n) is 11.6.